The number of amides is 1. The van der Waals surface area contributed by atoms with Crippen molar-refractivity contribution in [3.05, 3.63) is 16.1 Å². The van der Waals surface area contributed by atoms with Gasteiger partial charge in [0.15, 0.2) is 40.4 Å². The number of hydrogen-bond acceptors (Lipinski definition) is 10. The van der Waals surface area contributed by atoms with Crippen LogP contribution >= 0.6 is 11.6 Å². The monoisotopic (exact) mass is 493 g/mol. The molecule has 11 nitrogen and oxygen atoms in total. The van der Waals surface area contributed by atoms with Crippen LogP contribution in [0.1, 0.15) is 35.7 Å². The molecule has 7 N–H and O–H groups in total. The number of Topliss-reactive ketones (excluding diaryl/α,β-unsaturated/α-hetero) is 4. The maximum atomic E-state index is 13.6. The Morgan fingerprint density at radius 1 is 1.15 bits per heavy atom. The summed E-state index contributed by atoms with van der Waals surface area (Å²) in [6.45, 7) is 1.32. The summed E-state index contributed by atoms with van der Waals surface area (Å²) < 4.78 is 0. The zero-order chi connectivity index (χ0) is 25.7. The van der Waals surface area contributed by atoms with Gasteiger partial charge >= 0.3 is 0 Å². The second-order valence-corrected chi connectivity index (χ2v) is 9.98. The number of fused-ring (bicyclic) bond motifs is 3. The van der Waals surface area contributed by atoms with Gasteiger partial charge in [-0.1, -0.05) is 11.6 Å². The van der Waals surface area contributed by atoms with Crippen molar-refractivity contribution < 1.29 is 39.3 Å². The first kappa shape index (κ1) is 24.1. The normalized spacial score (nSPS) is 34.9. The van der Waals surface area contributed by atoms with E-state index in [0.717, 1.165) is 0 Å². The first-order chi connectivity index (χ1) is 15.6. The van der Waals surface area contributed by atoms with E-state index in [9.17, 15) is 39.3 Å². The van der Waals surface area contributed by atoms with Crippen LogP contribution in [0.4, 0.5) is 11.4 Å². The van der Waals surface area contributed by atoms with Gasteiger partial charge < -0.3 is 31.7 Å². The molecule has 3 aliphatic rings. The molecule has 6 atom stereocenters. The van der Waals surface area contributed by atoms with Crippen molar-refractivity contribution in [1.82, 2.24) is 0 Å². The Kier molecular flexibility index (Phi) is 5.13. The van der Waals surface area contributed by atoms with Gasteiger partial charge in [0.2, 0.25) is 5.91 Å². The summed E-state index contributed by atoms with van der Waals surface area (Å²) >= 11 is 6.34. The van der Waals surface area contributed by atoms with E-state index in [4.69, 9.17) is 23.1 Å². The van der Waals surface area contributed by atoms with Crippen LogP contribution in [0.25, 0.3) is 0 Å². The molecule has 182 valence electrons. The maximum absolute atomic E-state index is 13.6. The maximum Gasteiger partial charge on any atom is 0.235 e. The Labute approximate surface area is 198 Å². The molecule has 0 bridgehead atoms. The van der Waals surface area contributed by atoms with Crippen LogP contribution in [0.15, 0.2) is 0 Å². The highest BCUT2D eigenvalue weighted by Crippen LogP contribution is 2.59. The van der Waals surface area contributed by atoms with Gasteiger partial charge in [-0.2, -0.15) is 0 Å². The van der Waals surface area contributed by atoms with E-state index >= 15 is 0 Å². The lowest BCUT2D eigenvalue weighted by molar-refractivity contribution is -0.182. The summed E-state index contributed by atoms with van der Waals surface area (Å²) in [5.41, 5.74) is 5.58. The number of hydrogen-bond donors (Lipinski definition) is 5. The average molecular weight is 494 g/mol. The molecule has 0 saturated heterocycles. The number of nitrogens with zero attached hydrogens (tertiary/aromatic N) is 1. The van der Waals surface area contributed by atoms with Crippen LogP contribution in [0, 0.1) is 23.7 Å². The summed E-state index contributed by atoms with van der Waals surface area (Å²) in [4.78, 5) is 65.8. The van der Waals surface area contributed by atoms with Crippen LogP contribution in [0.5, 0.6) is 5.75 Å². The molecule has 1 aromatic rings. The number of phenols is 1. The molecule has 4 rings (SSSR count). The van der Waals surface area contributed by atoms with E-state index in [2.05, 4.69) is 0 Å². The molecule has 12 heteroatoms. The van der Waals surface area contributed by atoms with Gasteiger partial charge in [0.1, 0.15) is 0 Å². The number of carbonyl (C=O) groups is 5. The molecule has 0 aromatic heterocycles. The number of anilines is 2. The molecule has 0 spiro atoms. The third-order valence-electron chi connectivity index (χ3n) is 7.51. The lowest BCUT2D eigenvalue weighted by Gasteiger charge is -2.53. The topological polar surface area (TPSA) is 201 Å². The molecule has 0 heterocycles. The van der Waals surface area contributed by atoms with Crippen molar-refractivity contribution in [2.45, 2.75) is 31.0 Å². The smallest absolute Gasteiger partial charge is 0.235 e. The van der Waals surface area contributed by atoms with Crippen LogP contribution in [0.3, 0.4) is 0 Å². The van der Waals surface area contributed by atoms with E-state index in [1.54, 1.807) is 14.1 Å². The SMILES string of the molecule is CN(C)c1c(Cl)c(N)c(O)c2c1[C@](C)(O)[C@H]1C[C@H]3CC(=O)C(C(N)=O)C(=O)[C@@]3(O)C(=O)C1C2=O. The number of aromatic hydroxyl groups is 1. The van der Waals surface area contributed by atoms with E-state index in [-0.39, 0.29) is 28.4 Å². The standard InChI is InChI=1S/C22H24ClN3O8/c1-21(33)7-4-6-5-8(27)10(20(25)32)19(31)22(6,34)18(30)9(7)16(28)11-12(21)15(26(2)3)13(23)14(24)17(11)29/h6-7,9-10,29,33-34H,4-5,24H2,1-3H3,(H2,25,32)/t6-,7-,9?,10?,21+,22-/m0/s1. The van der Waals surface area contributed by atoms with E-state index in [0.29, 0.717) is 0 Å². The Bertz CT molecular complexity index is 1210. The van der Waals surface area contributed by atoms with Crippen LogP contribution in [-0.2, 0) is 24.8 Å². The summed E-state index contributed by atoms with van der Waals surface area (Å²) in [6, 6.07) is 0. The summed E-state index contributed by atoms with van der Waals surface area (Å²) in [5.74, 6) is -12.7. The summed E-state index contributed by atoms with van der Waals surface area (Å²) in [7, 11) is 3.16. The number of ketones is 4. The van der Waals surface area contributed by atoms with Gasteiger partial charge in [0.25, 0.3) is 0 Å². The molecule has 2 saturated carbocycles. The predicted molar refractivity (Wildman–Crippen MR) is 118 cm³/mol. The predicted octanol–water partition coefficient (Wildman–Crippen LogP) is -0.706. The number of halogens is 1. The van der Waals surface area contributed by atoms with Crippen molar-refractivity contribution in [3.8, 4) is 5.75 Å². The van der Waals surface area contributed by atoms with E-state index in [1.165, 1.54) is 11.8 Å². The highest BCUT2D eigenvalue weighted by atomic mass is 35.5. The van der Waals surface area contributed by atoms with Crippen LogP contribution in [0.2, 0.25) is 5.02 Å². The van der Waals surface area contributed by atoms with E-state index < -0.39 is 81.6 Å². The molecule has 0 aliphatic heterocycles. The van der Waals surface area contributed by atoms with Crippen molar-refractivity contribution >= 4 is 52.0 Å². The highest BCUT2D eigenvalue weighted by Gasteiger charge is 2.69. The fourth-order valence-electron chi connectivity index (χ4n) is 5.86. The number of aliphatic hydroxyl groups is 2. The molecule has 1 aromatic carbocycles. The third kappa shape index (κ3) is 2.74. The number of phenolic OH excluding ortho intramolecular Hbond substituents is 1. The number of nitrogens with two attached hydrogens (primary N) is 2. The highest BCUT2D eigenvalue weighted by molar-refractivity contribution is 6.37. The minimum atomic E-state index is -2.82. The van der Waals surface area contributed by atoms with Gasteiger partial charge in [-0.15, -0.1) is 0 Å². The van der Waals surface area contributed by atoms with Crippen molar-refractivity contribution in [2.75, 3.05) is 24.7 Å². The first-order valence-corrected chi connectivity index (χ1v) is 10.9. The third-order valence-corrected chi connectivity index (χ3v) is 7.89. The van der Waals surface area contributed by atoms with Gasteiger partial charge in [-0.25, -0.2) is 0 Å². The fourth-order valence-corrected chi connectivity index (χ4v) is 6.22. The number of primary amides is 1. The number of rotatable bonds is 2. The fraction of sp³-hybridized carbons (Fsp3) is 0.500. The van der Waals surface area contributed by atoms with Crippen molar-refractivity contribution in [2.24, 2.45) is 29.4 Å². The summed E-state index contributed by atoms with van der Waals surface area (Å²) in [5, 5.41) is 33.5. The Balaban J connectivity index is 1.98. The molecule has 1 amide bonds. The average Bonchev–Trinajstić information content (AvgIpc) is 2.72. The Hall–Kier alpha value is -3.02. The zero-order valence-corrected chi connectivity index (χ0v) is 19.3. The second kappa shape index (κ2) is 7.24. The lowest BCUT2D eigenvalue weighted by atomic mass is 9.50. The molecular formula is C22H24ClN3O8. The van der Waals surface area contributed by atoms with Crippen molar-refractivity contribution in [3.63, 3.8) is 0 Å². The lowest BCUT2D eigenvalue weighted by Crippen LogP contribution is -2.70. The molecule has 3 aliphatic carbocycles. The minimum absolute atomic E-state index is 0.0536. The Morgan fingerprint density at radius 2 is 1.74 bits per heavy atom. The minimum Gasteiger partial charge on any atom is -0.505 e. The molecular weight excluding hydrogens is 470 g/mol. The molecule has 2 fully saturated rings. The number of benzene rings is 1. The van der Waals surface area contributed by atoms with Gasteiger partial charge in [-0.3, -0.25) is 24.0 Å². The van der Waals surface area contributed by atoms with E-state index in [1.807, 2.05) is 0 Å². The largest absolute Gasteiger partial charge is 0.505 e. The van der Waals surface area contributed by atoms with Gasteiger partial charge in [-0.05, 0) is 13.3 Å². The van der Waals surface area contributed by atoms with Crippen LogP contribution in [-0.4, -0.2) is 64.1 Å². The van der Waals surface area contributed by atoms with Gasteiger partial charge in [0, 0.05) is 37.9 Å². The summed E-state index contributed by atoms with van der Waals surface area (Å²) in [6.07, 6.45) is -0.792. The number of carbonyl (C=O) groups excluding carboxylic acids is 5. The Morgan fingerprint density at radius 3 is 2.26 bits per heavy atom. The van der Waals surface area contributed by atoms with Gasteiger partial charge in [0.05, 0.1) is 33.5 Å². The molecule has 2 unspecified atom stereocenters. The first-order valence-electron chi connectivity index (χ1n) is 10.5. The molecule has 34 heavy (non-hydrogen) atoms. The molecule has 0 radical (unpaired) electrons. The van der Waals surface area contributed by atoms with Crippen LogP contribution < -0.4 is 16.4 Å². The second-order valence-electron chi connectivity index (χ2n) is 9.60. The van der Waals surface area contributed by atoms with Crippen molar-refractivity contribution in [1.29, 1.82) is 0 Å². The zero-order valence-electron chi connectivity index (χ0n) is 18.6. The number of nitrogen functional groups attached to an aromatic ring is 1. The quantitative estimate of drug-likeness (QED) is 0.199.